The molecule has 1 fully saturated rings. The van der Waals surface area contributed by atoms with Gasteiger partial charge in [0, 0.05) is 11.6 Å². The summed E-state index contributed by atoms with van der Waals surface area (Å²) >= 11 is 0. The Balaban J connectivity index is 2.23. The molecule has 1 aromatic rings. The Kier molecular flexibility index (Phi) is 3.75. The highest BCUT2D eigenvalue weighted by molar-refractivity contribution is 6.47. The number of ether oxygens (including phenoxy) is 1. The van der Waals surface area contributed by atoms with Gasteiger partial charge in [0.2, 0.25) is 0 Å². The van der Waals surface area contributed by atoms with Gasteiger partial charge in [-0.25, -0.2) is 0 Å². The molecule has 1 saturated heterocycles. The lowest BCUT2D eigenvalue weighted by molar-refractivity contribution is 0.00578. The third-order valence-electron chi connectivity index (χ3n) is 4.16. The van der Waals surface area contributed by atoms with Crippen LogP contribution in [0.3, 0.4) is 0 Å². The van der Waals surface area contributed by atoms with Gasteiger partial charge in [-0.05, 0) is 33.8 Å². The second kappa shape index (κ2) is 4.95. The first-order chi connectivity index (χ1) is 9.18. The van der Waals surface area contributed by atoms with Crippen molar-refractivity contribution in [2.45, 2.75) is 44.8 Å². The van der Waals surface area contributed by atoms with Gasteiger partial charge in [0.15, 0.2) is 0 Å². The van der Waals surface area contributed by atoms with Crippen LogP contribution in [0.5, 0.6) is 11.5 Å². The van der Waals surface area contributed by atoms with Crippen molar-refractivity contribution in [3.05, 3.63) is 23.8 Å². The Morgan fingerprint density at radius 1 is 1.20 bits per heavy atom. The zero-order valence-electron chi connectivity index (χ0n) is 12.6. The Morgan fingerprint density at radius 2 is 1.75 bits per heavy atom. The molecule has 0 spiro atoms. The maximum Gasteiger partial charge on any atom is 0.480 e. The maximum atomic E-state index is 10.0. The van der Waals surface area contributed by atoms with Crippen molar-refractivity contribution in [2.24, 2.45) is 5.73 Å². The average molecular weight is 279 g/mol. The summed E-state index contributed by atoms with van der Waals surface area (Å²) in [5.74, 6) is 0.0842. The van der Waals surface area contributed by atoms with E-state index in [1.165, 1.54) is 6.07 Å². The molecular formula is C14H22BNO4. The molecule has 1 heterocycles. The highest BCUT2D eigenvalue weighted by Gasteiger charge is 2.53. The standard InChI is InChI=1S/C14H22BNO4/c1-13(2)14(3,4)20-15(19-13)12(16)10-7-6-9(18-5)8-11(10)17/h6-8,12,17H,16H2,1-5H3/t12-/m1/s1. The van der Waals surface area contributed by atoms with E-state index in [1.807, 2.05) is 27.7 Å². The van der Waals surface area contributed by atoms with Gasteiger partial charge in [0.1, 0.15) is 11.5 Å². The van der Waals surface area contributed by atoms with Gasteiger partial charge in [-0.3, -0.25) is 0 Å². The minimum Gasteiger partial charge on any atom is -0.507 e. The van der Waals surface area contributed by atoms with Crippen molar-refractivity contribution in [3.8, 4) is 11.5 Å². The number of hydrogen-bond acceptors (Lipinski definition) is 5. The molecule has 0 unspecified atom stereocenters. The fourth-order valence-corrected chi connectivity index (χ4v) is 2.11. The van der Waals surface area contributed by atoms with E-state index in [2.05, 4.69) is 0 Å². The molecular weight excluding hydrogens is 257 g/mol. The highest BCUT2D eigenvalue weighted by atomic mass is 16.7. The highest BCUT2D eigenvalue weighted by Crippen LogP contribution is 2.40. The lowest BCUT2D eigenvalue weighted by Crippen LogP contribution is -2.41. The van der Waals surface area contributed by atoms with Crippen LogP contribution in [0.2, 0.25) is 0 Å². The second-order valence-electron chi connectivity index (χ2n) is 6.08. The van der Waals surface area contributed by atoms with Crippen molar-refractivity contribution in [1.82, 2.24) is 0 Å². The van der Waals surface area contributed by atoms with E-state index < -0.39 is 24.3 Å². The Morgan fingerprint density at radius 3 is 2.20 bits per heavy atom. The molecule has 1 aliphatic heterocycles. The topological polar surface area (TPSA) is 73.9 Å². The van der Waals surface area contributed by atoms with Crippen molar-refractivity contribution >= 4 is 7.12 Å². The van der Waals surface area contributed by atoms with E-state index in [0.29, 0.717) is 11.3 Å². The maximum absolute atomic E-state index is 10.0. The number of phenolic OH excluding ortho intramolecular Hbond substituents is 1. The Hall–Kier alpha value is -1.24. The minimum absolute atomic E-state index is 0.0755. The molecule has 0 aliphatic carbocycles. The molecule has 0 radical (unpaired) electrons. The minimum atomic E-state index is -0.598. The summed E-state index contributed by atoms with van der Waals surface area (Å²) in [6.07, 6.45) is 0. The van der Waals surface area contributed by atoms with Gasteiger partial charge < -0.3 is 24.9 Å². The van der Waals surface area contributed by atoms with E-state index in [4.69, 9.17) is 19.8 Å². The SMILES string of the molecule is COc1ccc([C@@H](N)B2OC(C)(C)C(C)(C)O2)c(O)c1. The molecule has 0 bridgehead atoms. The first-order valence-corrected chi connectivity index (χ1v) is 6.66. The van der Waals surface area contributed by atoms with Gasteiger partial charge >= 0.3 is 7.12 Å². The summed E-state index contributed by atoms with van der Waals surface area (Å²) in [6.45, 7) is 7.86. The number of rotatable bonds is 3. The average Bonchev–Trinajstić information content (AvgIpc) is 2.57. The third kappa shape index (κ3) is 2.51. The van der Waals surface area contributed by atoms with Crippen molar-refractivity contribution in [3.63, 3.8) is 0 Å². The quantitative estimate of drug-likeness (QED) is 0.828. The largest absolute Gasteiger partial charge is 0.507 e. The van der Waals surface area contributed by atoms with Crippen molar-refractivity contribution < 1.29 is 19.2 Å². The number of aromatic hydroxyl groups is 1. The van der Waals surface area contributed by atoms with E-state index >= 15 is 0 Å². The van der Waals surface area contributed by atoms with Gasteiger partial charge in [-0.2, -0.15) is 0 Å². The zero-order valence-corrected chi connectivity index (χ0v) is 12.6. The first-order valence-electron chi connectivity index (χ1n) is 6.66. The molecule has 20 heavy (non-hydrogen) atoms. The van der Waals surface area contributed by atoms with Crippen LogP contribution in [0, 0.1) is 0 Å². The van der Waals surface area contributed by atoms with Gasteiger partial charge in [-0.15, -0.1) is 0 Å². The molecule has 1 aliphatic rings. The van der Waals surface area contributed by atoms with E-state index in [-0.39, 0.29) is 5.75 Å². The molecule has 1 aromatic carbocycles. The van der Waals surface area contributed by atoms with Crippen LogP contribution >= 0.6 is 0 Å². The number of phenols is 1. The molecule has 110 valence electrons. The molecule has 5 nitrogen and oxygen atoms in total. The predicted octanol–water partition coefficient (Wildman–Crippen LogP) is 2.03. The summed E-state index contributed by atoms with van der Waals surface area (Å²) in [5.41, 5.74) is 5.86. The fraction of sp³-hybridized carbons (Fsp3) is 0.571. The van der Waals surface area contributed by atoms with E-state index in [0.717, 1.165) is 0 Å². The summed E-state index contributed by atoms with van der Waals surface area (Å²) in [6, 6.07) is 5.00. The monoisotopic (exact) mass is 279 g/mol. The van der Waals surface area contributed by atoms with Crippen LogP contribution in [0.25, 0.3) is 0 Å². The van der Waals surface area contributed by atoms with Gasteiger partial charge in [0.25, 0.3) is 0 Å². The molecule has 0 saturated carbocycles. The number of nitrogens with two attached hydrogens (primary N) is 1. The van der Waals surface area contributed by atoms with Crippen molar-refractivity contribution in [2.75, 3.05) is 7.11 Å². The molecule has 3 N–H and O–H groups in total. The van der Waals surface area contributed by atoms with E-state index in [9.17, 15) is 5.11 Å². The first kappa shape index (κ1) is 15.2. The summed E-state index contributed by atoms with van der Waals surface area (Å²) in [5, 5.41) is 10.0. The van der Waals surface area contributed by atoms with Crippen LogP contribution < -0.4 is 10.5 Å². The molecule has 1 atom stereocenters. The number of benzene rings is 1. The summed E-state index contributed by atoms with van der Waals surface area (Å²) in [7, 11) is 0.946. The Labute approximate surface area is 120 Å². The second-order valence-corrected chi connectivity index (χ2v) is 6.08. The number of methoxy groups -OCH3 is 1. The normalized spacial score (nSPS) is 21.8. The smallest absolute Gasteiger partial charge is 0.480 e. The fourth-order valence-electron chi connectivity index (χ4n) is 2.11. The number of hydrogen-bond donors (Lipinski definition) is 2. The van der Waals surface area contributed by atoms with E-state index in [1.54, 1.807) is 19.2 Å². The van der Waals surface area contributed by atoms with Crippen LogP contribution in [-0.4, -0.2) is 30.5 Å². The van der Waals surface area contributed by atoms with Gasteiger partial charge in [0.05, 0.1) is 24.3 Å². The summed E-state index contributed by atoms with van der Waals surface area (Å²) in [4.78, 5) is 0. The molecule has 0 amide bonds. The van der Waals surface area contributed by atoms with Gasteiger partial charge in [-0.1, -0.05) is 6.07 Å². The van der Waals surface area contributed by atoms with Crippen molar-refractivity contribution in [1.29, 1.82) is 0 Å². The van der Waals surface area contributed by atoms with Crippen LogP contribution in [-0.2, 0) is 9.31 Å². The molecule has 0 aromatic heterocycles. The summed E-state index contributed by atoms with van der Waals surface area (Å²) < 4.78 is 16.9. The third-order valence-corrected chi connectivity index (χ3v) is 4.16. The van der Waals surface area contributed by atoms with Crippen LogP contribution in [0.4, 0.5) is 0 Å². The lowest BCUT2D eigenvalue weighted by Gasteiger charge is -2.32. The van der Waals surface area contributed by atoms with Crippen LogP contribution in [0.1, 0.15) is 39.2 Å². The zero-order chi connectivity index (χ0) is 15.1. The predicted molar refractivity (Wildman–Crippen MR) is 77.7 cm³/mol. The Bertz CT molecular complexity index is 488. The lowest BCUT2D eigenvalue weighted by atomic mass is 9.74. The van der Waals surface area contributed by atoms with Crippen LogP contribution in [0.15, 0.2) is 18.2 Å². The molecule has 6 heteroatoms. The molecule has 2 rings (SSSR count).